The lowest BCUT2D eigenvalue weighted by Crippen LogP contribution is -2.15. The Bertz CT molecular complexity index is 1100. The Morgan fingerprint density at radius 1 is 0.886 bits per heavy atom. The van der Waals surface area contributed by atoms with Gasteiger partial charge in [0.15, 0.2) is 0 Å². The topological polar surface area (TPSA) is 0 Å². The molecule has 0 N–H and O–H groups in total. The second kappa shape index (κ2) is 12.7. The number of aryl methyl sites for hydroxylation is 1. The van der Waals surface area contributed by atoms with Crippen molar-refractivity contribution < 1.29 is 4.39 Å². The average Bonchev–Trinajstić information content (AvgIpc) is 2.90. The molecule has 0 saturated heterocycles. The van der Waals surface area contributed by atoms with Crippen LogP contribution in [0.2, 0.25) is 0 Å². The molecule has 1 unspecified atom stereocenters. The molecule has 0 aliphatic heterocycles. The van der Waals surface area contributed by atoms with Gasteiger partial charge in [0.25, 0.3) is 0 Å². The van der Waals surface area contributed by atoms with Crippen molar-refractivity contribution in [2.24, 2.45) is 5.92 Å². The molecule has 0 amide bonds. The van der Waals surface area contributed by atoms with Gasteiger partial charge >= 0.3 is 0 Å². The van der Waals surface area contributed by atoms with Crippen molar-refractivity contribution >= 4 is 12.2 Å². The third-order valence-electron chi connectivity index (χ3n) is 7.67. The molecule has 1 aliphatic rings. The van der Waals surface area contributed by atoms with Crippen LogP contribution in [0.15, 0.2) is 84.9 Å². The highest BCUT2D eigenvalue weighted by Crippen LogP contribution is 2.40. The Kier molecular flexibility index (Phi) is 9.12. The molecule has 182 valence electrons. The van der Waals surface area contributed by atoms with Crippen molar-refractivity contribution in [3.63, 3.8) is 0 Å². The summed E-state index contributed by atoms with van der Waals surface area (Å²) in [5.74, 6) is 1.76. The first-order chi connectivity index (χ1) is 17.1. The third-order valence-corrected chi connectivity index (χ3v) is 7.67. The molecule has 0 nitrogen and oxygen atoms in total. The summed E-state index contributed by atoms with van der Waals surface area (Å²) >= 11 is 0. The fraction of sp³-hybridized carbons (Fsp3) is 0.353. The zero-order valence-corrected chi connectivity index (χ0v) is 21.3. The fourth-order valence-corrected chi connectivity index (χ4v) is 5.48. The zero-order valence-electron chi connectivity index (χ0n) is 21.3. The van der Waals surface area contributed by atoms with E-state index in [2.05, 4.69) is 86.7 Å². The van der Waals surface area contributed by atoms with E-state index in [1.54, 1.807) is 6.07 Å². The van der Waals surface area contributed by atoms with Crippen LogP contribution in [0.1, 0.15) is 92.0 Å². The van der Waals surface area contributed by atoms with Crippen LogP contribution >= 0.6 is 0 Å². The highest BCUT2D eigenvalue weighted by molar-refractivity contribution is 5.70. The van der Waals surface area contributed by atoms with Crippen LogP contribution in [0.5, 0.6) is 0 Å². The maximum Gasteiger partial charge on any atom is 0.130 e. The summed E-state index contributed by atoms with van der Waals surface area (Å²) in [5.41, 5.74) is 5.71. The van der Waals surface area contributed by atoms with Gasteiger partial charge in [0.1, 0.15) is 5.82 Å². The molecule has 1 heteroatoms. The van der Waals surface area contributed by atoms with Crippen LogP contribution in [0.25, 0.3) is 12.2 Å². The van der Waals surface area contributed by atoms with Gasteiger partial charge in [-0.25, -0.2) is 4.39 Å². The monoisotopic (exact) mass is 466 g/mol. The molecule has 3 aromatic carbocycles. The quantitative estimate of drug-likeness (QED) is 0.217. The summed E-state index contributed by atoms with van der Waals surface area (Å²) in [6.07, 6.45) is 16.4. The SMILES string of the molecule is C/C=C/CCc1ccc(/C=C/c2ccc(C3CCC(CC(C)c4ccccc4)CC3)cc2F)cc1. The van der Waals surface area contributed by atoms with Crippen LogP contribution in [0.3, 0.4) is 0 Å². The molecular weight excluding hydrogens is 427 g/mol. The molecule has 0 aromatic heterocycles. The Morgan fingerprint density at radius 2 is 1.63 bits per heavy atom. The molecule has 0 radical (unpaired) electrons. The number of hydrogen-bond donors (Lipinski definition) is 0. The fourth-order valence-electron chi connectivity index (χ4n) is 5.48. The Labute approximate surface area is 211 Å². The predicted molar refractivity (Wildman–Crippen MR) is 149 cm³/mol. The maximum atomic E-state index is 14.9. The number of rotatable bonds is 9. The Balaban J connectivity index is 1.30. The number of benzene rings is 3. The minimum Gasteiger partial charge on any atom is -0.206 e. The summed E-state index contributed by atoms with van der Waals surface area (Å²) in [6, 6.07) is 25.3. The third kappa shape index (κ3) is 7.28. The molecule has 0 spiro atoms. The Hall–Kier alpha value is -2.93. The second-order valence-electron chi connectivity index (χ2n) is 10.2. The summed E-state index contributed by atoms with van der Waals surface area (Å²) < 4.78 is 14.9. The van der Waals surface area contributed by atoms with E-state index in [-0.39, 0.29) is 5.82 Å². The van der Waals surface area contributed by atoms with Gasteiger partial charge in [-0.15, -0.1) is 0 Å². The second-order valence-corrected chi connectivity index (χ2v) is 10.2. The summed E-state index contributed by atoms with van der Waals surface area (Å²) in [5, 5.41) is 0. The number of halogens is 1. The lowest BCUT2D eigenvalue weighted by atomic mass is 9.75. The molecule has 1 saturated carbocycles. The predicted octanol–water partition coefficient (Wildman–Crippen LogP) is 9.97. The number of allylic oxidation sites excluding steroid dienone is 2. The molecule has 0 bridgehead atoms. The lowest BCUT2D eigenvalue weighted by molar-refractivity contribution is 0.297. The Morgan fingerprint density at radius 3 is 2.31 bits per heavy atom. The van der Waals surface area contributed by atoms with Crippen molar-refractivity contribution in [1.82, 2.24) is 0 Å². The van der Waals surface area contributed by atoms with Crippen LogP contribution in [0, 0.1) is 11.7 Å². The smallest absolute Gasteiger partial charge is 0.130 e. The molecule has 0 heterocycles. The number of hydrogen-bond acceptors (Lipinski definition) is 0. The van der Waals surface area contributed by atoms with Gasteiger partial charge in [0.05, 0.1) is 0 Å². The van der Waals surface area contributed by atoms with E-state index in [4.69, 9.17) is 0 Å². The maximum absolute atomic E-state index is 14.9. The average molecular weight is 467 g/mol. The molecule has 3 aromatic rings. The van der Waals surface area contributed by atoms with E-state index in [0.29, 0.717) is 17.4 Å². The van der Waals surface area contributed by atoms with E-state index in [0.717, 1.165) is 24.3 Å². The first-order valence-electron chi connectivity index (χ1n) is 13.3. The standard InChI is InChI=1S/C34H39F/c1-3-4-6-9-27-12-14-28(15-13-27)16-21-32-22-23-33(25-34(32)35)31-19-17-29(18-20-31)24-26(2)30-10-7-5-8-11-30/h3-5,7-8,10-16,21-23,25-26,29,31H,6,9,17-20,24H2,1-2H3/b4-3+,21-16+. The van der Waals surface area contributed by atoms with E-state index in [1.165, 1.54) is 48.8 Å². The van der Waals surface area contributed by atoms with Crippen molar-refractivity contribution in [3.8, 4) is 0 Å². The van der Waals surface area contributed by atoms with E-state index in [9.17, 15) is 4.39 Å². The van der Waals surface area contributed by atoms with Gasteiger partial charge in [-0.3, -0.25) is 0 Å². The van der Waals surface area contributed by atoms with Gasteiger partial charge in [-0.1, -0.05) is 98.0 Å². The summed E-state index contributed by atoms with van der Waals surface area (Å²) in [7, 11) is 0. The van der Waals surface area contributed by atoms with Gasteiger partial charge in [0, 0.05) is 5.56 Å². The highest BCUT2D eigenvalue weighted by atomic mass is 19.1. The lowest BCUT2D eigenvalue weighted by Gasteiger charge is -2.30. The minimum atomic E-state index is -0.110. The molecule has 35 heavy (non-hydrogen) atoms. The van der Waals surface area contributed by atoms with E-state index in [1.807, 2.05) is 18.2 Å². The van der Waals surface area contributed by atoms with Crippen LogP contribution in [-0.2, 0) is 6.42 Å². The van der Waals surface area contributed by atoms with Gasteiger partial charge in [0.2, 0.25) is 0 Å². The molecular formula is C34H39F. The van der Waals surface area contributed by atoms with Crippen molar-refractivity contribution in [1.29, 1.82) is 0 Å². The normalized spacial score (nSPS) is 19.4. The highest BCUT2D eigenvalue weighted by Gasteiger charge is 2.24. The van der Waals surface area contributed by atoms with Gasteiger partial charge < -0.3 is 0 Å². The molecule has 1 aliphatic carbocycles. The van der Waals surface area contributed by atoms with Crippen molar-refractivity contribution in [3.05, 3.63) is 119 Å². The minimum absolute atomic E-state index is 0.110. The molecule has 1 fully saturated rings. The van der Waals surface area contributed by atoms with Crippen LogP contribution in [0.4, 0.5) is 4.39 Å². The zero-order chi connectivity index (χ0) is 24.5. The summed E-state index contributed by atoms with van der Waals surface area (Å²) in [4.78, 5) is 0. The van der Waals surface area contributed by atoms with Crippen molar-refractivity contribution in [2.45, 2.75) is 70.6 Å². The van der Waals surface area contributed by atoms with Gasteiger partial charge in [-0.05, 0) is 97.9 Å². The first kappa shape index (κ1) is 25.2. The summed E-state index contributed by atoms with van der Waals surface area (Å²) in [6.45, 7) is 4.40. The van der Waals surface area contributed by atoms with Gasteiger partial charge in [-0.2, -0.15) is 0 Å². The van der Waals surface area contributed by atoms with E-state index >= 15 is 0 Å². The largest absolute Gasteiger partial charge is 0.206 e. The first-order valence-corrected chi connectivity index (χ1v) is 13.3. The van der Waals surface area contributed by atoms with Crippen molar-refractivity contribution in [2.75, 3.05) is 0 Å². The van der Waals surface area contributed by atoms with Crippen LogP contribution in [-0.4, -0.2) is 0 Å². The van der Waals surface area contributed by atoms with Crippen LogP contribution < -0.4 is 0 Å². The molecule has 4 rings (SSSR count). The van der Waals surface area contributed by atoms with E-state index < -0.39 is 0 Å². The molecule has 1 atom stereocenters.